The highest BCUT2D eigenvalue weighted by Crippen LogP contribution is 2.47. The number of phenols is 1. The zero-order valence-electron chi connectivity index (χ0n) is 27.6. The summed E-state index contributed by atoms with van der Waals surface area (Å²) < 4.78 is 40.0. The van der Waals surface area contributed by atoms with Crippen LogP contribution in [-0.4, -0.2) is 64.5 Å². The first kappa shape index (κ1) is 32.7. The highest BCUT2D eigenvalue weighted by molar-refractivity contribution is 7.18. The van der Waals surface area contributed by atoms with Crippen molar-refractivity contribution in [3.8, 4) is 39.5 Å². The molecule has 5 heterocycles. The van der Waals surface area contributed by atoms with E-state index in [2.05, 4.69) is 5.10 Å². The third-order valence-corrected chi connectivity index (χ3v) is 9.63. The van der Waals surface area contributed by atoms with Crippen molar-refractivity contribution in [2.75, 3.05) is 13.2 Å². The highest BCUT2D eigenvalue weighted by atomic mass is 32.1. The molecule has 1 aliphatic rings. The number of ether oxygens (including phenoxy) is 1. The van der Waals surface area contributed by atoms with Gasteiger partial charge in [-0.25, -0.2) is 18.6 Å². The minimum atomic E-state index is -0.929. The molecule has 0 unspecified atom stereocenters. The molecule has 0 radical (unpaired) electrons. The summed E-state index contributed by atoms with van der Waals surface area (Å²) in [5, 5.41) is 33.4. The molecule has 6 aromatic rings. The Balaban J connectivity index is 1.44. The number of aliphatic hydroxyl groups excluding tert-OH is 1. The van der Waals surface area contributed by atoms with E-state index in [9.17, 15) is 19.4 Å². The van der Waals surface area contributed by atoms with E-state index in [-0.39, 0.29) is 24.8 Å². The van der Waals surface area contributed by atoms with Crippen molar-refractivity contribution in [1.29, 1.82) is 0 Å². The van der Waals surface area contributed by atoms with Crippen LogP contribution in [0.1, 0.15) is 51.8 Å². The molecule has 0 bridgehead atoms. The van der Waals surface area contributed by atoms with Gasteiger partial charge in [0.25, 0.3) is 0 Å². The van der Waals surface area contributed by atoms with Crippen molar-refractivity contribution in [3.05, 3.63) is 71.4 Å². The second-order valence-corrected chi connectivity index (χ2v) is 14.3. The van der Waals surface area contributed by atoms with Crippen LogP contribution in [0.2, 0.25) is 0 Å². The summed E-state index contributed by atoms with van der Waals surface area (Å²) >= 11 is 1.36. The van der Waals surface area contributed by atoms with Gasteiger partial charge < -0.3 is 19.8 Å². The molecular weight excluding hydrogens is 650 g/mol. The number of unbranched alkanes of at least 4 members (excludes halogenated alkanes) is 1. The molecule has 0 fully saturated rings. The first-order chi connectivity index (χ1) is 23.4. The van der Waals surface area contributed by atoms with Gasteiger partial charge in [-0.05, 0) is 69.7 Å². The zero-order chi connectivity index (χ0) is 34.6. The summed E-state index contributed by atoms with van der Waals surface area (Å²) in [6.45, 7) is 6.07. The number of nitrogens with zero attached hydrogens (tertiary/aromatic N) is 6. The van der Waals surface area contributed by atoms with Crippen LogP contribution in [0.4, 0.5) is 13.6 Å². The summed E-state index contributed by atoms with van der Waals surface area (Å²) in [4.78, 5) is 20.0. The van der Waals surface area contributed by atoms with E-state index in [4.69, 9.17) is 14.8 Å². The van der Waals surface area contributed by atoms with Gasteiger partial charge in [0.2, 0.25) is 0 Å². The molecule has 7 rings (SSSR count). The lowest BCUT2D eigenvalue weighted by atomic mass is 9.96. The van der Waals surface area contributed by atoms with Crippen LogP contribution < -0.4 is 0 Å². The number of aromatic hydroxyl groups is 1. The average Bonchev–Trinajstić information content (AvgIpc) is 3.78. The van der Waals surface area contributed by atoms with E-state index in [0.29, 0.717) is 53.2 Å². The molecule has 0 aliphatic carbocycles. The van der Waals surface area contributed by atoms with E-state index in [1.54, 1.807) is 15.8 Å². The fourth-order valence-corrected chi connectivity index (χ4v) is 7.47. The molecule has 49 heavy (non-hydrogen) atoms. The molecule has 1 atom stereocenters. The molecule has 10 nitrogen and oxygen atoms in total. The van der Waals surface area contributed by atoms with Gasteiger partial charge in [-0.2, -0.15) is 10.2 Å². The maximum Gasteiger partial charge on any atom is 0.410 e. The number of phenolic OH excluding ortho intramolecular Hbond substituents is 1. The Hall–Kier alpha value is -4.88. The van der Waals surface area contributed by atoms with Gasteiger partial charge in [-0.3, -0.25) is 9.36 Å². The summed E-state index contributed by atoms with van der Waals surface area (Å²) in [5.41, 5.74) is 3.26. The number of carbonyl (C=O) groups excluding carboxylic acids is 1. The number of halogens is 2. The molecule has 4 aromatic heterocycles. The van der Waals surface area contributed by atoms with E-state index in [1.165, 1.54) is 11.3 Å². The largest absolute Gasteiger partial charge is 0.507 e. The van der Waals surface area contributed by atoms with Crippen LogP contribution in [0.25, 0.3) is 54.8 Å². The number of aromatic nitrogens is 5. The van der Waals surface area contributed by atoms with Crippen LogP contribution in [-0.2, 0) is 18.3 Å². The lowest BCUT2D eigenvalue weighted by molar-refractivity contribution is 0.0153. The number of benzene rings is 2. The van der Waals surface area contributed by atoms with Crippen molar-refractivity contribution in [2.45, 2.75) is 58.2 Å². The number of thiophene rings is 1. The number of aryl methyl sites for hydroxylation is 1. The van der Waals surface area contributed by atoms with E-state index in [1.807, 2.05) is 68.2 Å². The second kappa shape index (κ2) is 12.5. The Morgan fingerprint density at radius 2 is 1.90 bits per heavy atom. The number of amides is 1. The quantitative estimate of drug-likeness (QED) is 0.165. The number of rotatable bonds is 7. The van der Waals surface area contributed by atoms with E-state index >= 15 is 4.39 Å². The molecule has 0 saturated carbocycles. The van der Waals surface area contributed by atoms with Gasteiger partial charge in [0.05, 0.1) is 41.3 Å². The smallest absolute Gasteiger partial charge is 0.410 e. The Morgan fingerprint density at radius 1 is 1.08 bits per heavy atom. The van der Waals surface area contributed by atoms with Crippen molar-refractivity contribution in [3.63, 3.8) is 0 Å². The lowest BCUT2D eigenvalue weighted by Crippen LogP contribution is -2.43. The molecule has 2 aromatic carbocycles. The number of carbonyl (C=O) groups is 1. The van der Waals surface area contributed by atoms with Crippen LogP contribution in [0.15, 0.2) is 54.0 Å². The van der Waals surface area contributed by atoms with Crippen LogP contribution in [0.5, 0.6) is 5.75 Å². The monoisotopic (exact) mass is 686 g/mol. The van der Waals surface area contributed by atoms with Crippen LogP contribution in [0, 0.1) is 11.6 Å². The standard InChI is InChI=1S/C36H36F2N6O4S/c1-36(2,3)48-35(47)43-18-23(7-5-6-11-45)44-24(19-43)16-27(41-44)33-31(30-26(38)14-22(37)15-29(30)46)34-25(10-12-49-34)32(40-33)20-8-9-28-21(13-20)17-39-42(28)4/h8-10,12-17,23,45-46H,5-7,11,18-19H2,1-4H3/t23-/m0/s1. The van der Waals surface area contributed by atoms with Gasteiger partial charge in [-0.1, -0.05) is 6.07 Å². The minimum absolute atomic E-state index is 0.0498. The average molecular weight is 687 g/mol. The van der Waals surface area contributed by atoms with Gasteiger partial charge in [-0.15, -0.1) is 11.3 Å². The van der Waals surface area contributed by atoms with Crippen molar-refractivity contribution in [1.82, 2.24) is 29.4 Å². The van der Waals surface area contributed by atoms with E-state index < -0.39 is 29.1 Å². The number of pyridine rings is 1. The first-order valence-corrected chi connectivity index (χ1v) is 17.0. The molecule has 1 amide bonds. The van der Waals surface area contributed by atoms with Gasteiger partial charge in [0.15, 0.2) is 0 Å². The van der Waals surface area contributed by atoms with Gasteiger partial charge >= 0.3 is 6.09 Å². The topological polar surface area (TPSA) is 119 Å². The summed E-state index contributed by atoms with van der Waals surface area (Å²) in [5.74, 6) is -2.38. The third kappa shape index (κ3) is 6.12. The number of hydrogen-bond donors (Lipinski definition) is 2. The van der Waals surface area contributed by atoms with Gasteiger partial charge in [0, 0.05) is 58.9 Å². The first-order valence-electron chi connectivity index (χ1n) is 16.1. The van der Waals surface area contributed by atoms with Crippen molar-refractivity contribution >= 4 is 38.4 Å². The van der Waals surface area contributed by atoms with Gasteiger partial charge in [0.1, 0.15) is 34.4 Å². The Morgan fingerprint density at radius 3 is 2.65 bits per heavy atom. The predicted octanol–water partition coefficient (Wildman–Crippen LogP) is 7.82. The predicted molar refractivity (Wildman–Crippen MR) is 184 cm³/mol. The maximum absolute atomic E-state index is 15.7. The maximum atomic E-state index is 15.7. The molecule has 1 aliphatic heterocycles. The Labute approximate surface area is 285 Å². The lowest BCUT2D eigenvalue weighted by Gasteiger charge is -2.35. The van der Waals surface area contributed by atoms with Crippen molar-refractivity contribution in [2.24, 2.45) is 7.05 Å². The molecule has 13 heteroatoms. The third-order valence-electron chi connectivity index (χ3n) is 8.69. The molecule has 2 N–H and O–H groups in total. The van der Waals surface area contributed by atoms with E-state index in [0.717, 1.165) is 39.7 Å². The fourth-order valence-electron chi connectivity index (χ4n) is 6.53. The molecular formula is C36H36F2N6O4S. The summed E-state index contributed by atoms with van der Waals surface area (Å²) in [7, 11) is 1.87. The van der Waals surface area contributed by atoms with Crippen LogP contribution in [0.3, 0.4) is 0 Å². The molecule has 254 valence electrons. The van der Waals surface area contributed by atoms with Crippen molar-refractivity contribution < 1.29 is 28.5 Å². The Kier molecular flexibility index (Phi) is 8.35. The fraction of sp³-hybridized carbons (Fsp3) is 0.333. The number of aliphatic hydroxyl groups is 1. The number of hydrogen-bond acceptors (Lipinski definition) is 8. The second-order valence-electron chi connectivity index (χ2n) is 13.4. The summed E-state index contributed by atoms with van der Waals surface area (Å²) in [6, 6.07) is 11.0. The van der Waals surface area contributed by atoms with Crippen LogP contribution >= 0.6 is 11.3 Å². The minimum Gasteiger partial charge on any atom is -0.507 e. The molecule has 0 spiro atoms. The number of fused-ring (bicyclic) bond motifs is 3. The Bertz CT molecular complexity index is 2200. The zero-order valence-corrected chi connectivity index (χ0v) is 28.4. The highest BCUT2D eigenvalue weighted by Gasteiger charge is 2.34. The molecule has 0 saturated heterocycles. The summed E-state index contributed by atoms with van der Waals surface area (Å²) in [6.07, 6.45) is 3.28. The normalized spacial score (nSPS) is 14.9. The SMILES string of the molecule is Cn1ncc2cc(-c3nc(-c4cc5n(n4)[C@@H](CCCCO)CN(C(=O)OC(C)(C)C)C5)c(-c4c(O)cc(F)cc4F)c4sccc34)ccc21.